The lowest BCUT2D eigenvalue weighted by Crippen LogP contribution is -2.33. The van der Waals surface area contributed by atoms with E-state index in [0.717, 1.165) is 31.2 Å². The average Bonchev–Trinajstić information content (AvgIpc) is 3.27. The molecule has 11 heteroatoms. The summed E-state index contributed by atoms with van der Waals surface area (Å²) in [5, 5.41) is 11.3. The van der Waals surface area contributed by atoms with Crippen LogP contribution in [0, 0.1) is 0 Å². The number of carbonyl (C=O) groups excluding carboxylic acids is 2. The van der Waals surface area contributed by atoms with E-state index in [9.17, 15) is 9.59 Å². The summed E-state index contributed by atoms with van der Waals surface area (Å²) in [6.07, 6.45) is 6.87. The molecule has 0 saturated heterocycles. The van der Waals surface area contributed by atoms with E-state index in [2.05, 4.69) is 27.6 Å². The first-order valence-electron chi connectivity index (χ1n) is 13.3. The highest BCUT2D eigenvalue weighted by Crippen LogP contribution is 2.33. The number of aromatic nitrogens is 4. The molecule has 3 heterocycles. The Kier molecular flexibility index (Phi) is 10.0. The van der Waals surface area contributed by atoms with E-state index in [4.69, 9.17) is 21.3 Å². The summed E-state index contributed by atoms with van der Waals surface area (Å²) in [7, 11) is 3.86. The molecule has 210 valence electrons. The highest BCUT2D eigenvalue weighted by Gasteiger charge is 2.19. The van der Waals surface area contributed by atoms with Gasteiger partial charge in [0.05, 0.1) is 21.7 Å². The van der Waals surface area contributed by atoms with Gasteiger partial charge >= 0.3 is 6.09 Å². The molecular weight excluding hydrogens is 530 g/mol. The van der Waals surface area contributed by atoms with Crippen molar-refractivity contribution in [3.8, 4) is 17.0 Å². The number of carbonyl (C=O) groups is 2. The third kappa shape index (κ3) is 7.55. The van der Waals surface area contributed by atoms with E-state index in [1.807, 2.05) is 23.7 Å². The van der Waals surface area contributed by atoms with Gasteiger partial charge in [0.2, 0.25) is 0 Å². The zero-order chi connectivity index (χ0) is 28.5. The molecule has 3 aromatic heterocycles. The number of likely N-dealkylation sites (N-methyl/N-ethyl adjacent to an activating group) is 1. The Hall–Kier alpha value is -4.02. The molecule has 0 unspecified atom stereocenters. The van der Waals surface area contributed by atoms with Crippen LogP contribution >= 0.6 is 11.6 Å². The van der Waals surface area contributed by atoms with Crippen LogP contribution in [-0.4, -0.2) is 63.8 Å². The van der Waals surface area contributed by atoms with E-state index in [0.29, 0.717) is 58.5 Å². The summed E-state index contributed by atoms with van der Waals surface area (Å²) in [6, 6.07) is 12.2. The molecule has 1 aromatic carbocycles. The second-order valence-electron chi connectivity index (χ2n) is 9.66. The van der Waals surface area contributed by atoms with Gasteiger partial charge in [0, 0.05) is 37.6 Å². The number of aryl methyl sites for hydroxylation is 1. The number of benzene rings is 1. The summed E-state index contributed by atoms with van der Waals surface area (Å²) < 4.78 is 7.19. The van der Waals surface area contributed by atoms with E-state index in [1.54, 1.807) is 48.7 Å². The monoisotopic (exact) mass is 563 g/mol. The number of unbranched alkanes of at least 4 members (excludes halogenated alkanes) is 3. The van der Waals surface area contributed by atoms with Crippen LogP contribution in [0.5, 0.6) is 5.75 Å². The minimum atomic E-state index is -0.514. The van der Waals surface area contributed by atoms with Gasteiger partial charge in [-0.15, -0.1) is 0 Å². The molecule has 0 spiro atoms. The van der Waals surface area contributed by atoms with Gasteiger partial charge in [-0.1, -0.05) is 37.8 Å². The predicted octanol–water partition coefficient (Wildman–Crippen LogP) is 5.63. The highest BCUT2D eigenvalue weighted by molar-refractivity contribution is 6.34. The van der Waals surface area contributed by atoms with Crippen molar-refractivity contribution in [2.45, 2.75) is 39.2 Å². The first-order valence-corrected chi connectivity index (χ1v) is 13.7. The summed E-state index contributed by atoms with van der Waals surface area (Å²) in [5.41, 5.74) is 2.37. The van der Waals surface area contributed by atoms with Crippen molar-refractivity contribution in [3.05, 3.63) is 65.4 Å². The number of pyridine rings is 2. The second-order valence-corrected chi connectivity index (χ2v) is 10.1. The third-order valence-corrected chi connectivity index (χ3v) is 6.51. The molecule has 10 nitrogen and oxygen atoms in total. The average molecular weight is 564 g/mol. The lowest BCUT2D eigenvalue weighted by molar-refractivity contribution is 0.102. The van der Waals surface area contributed by atoms with Crippen LogP contribution < -0.4 is 15.4 Å². The van der Waals surface area contributed by atoms with Crippen molar-refractivity contribution in [2.24, 2.45) is 0 Å². The van der Waals surface area contributed by atoms with Gasteiger partial charge in [0.1, 0.15) is 5.75 Å². The van der Waals surface area contributed by atoms with Gasteiger partial charge in [-0.25, -0.2) is 14.5 Å². The predicted molar refractivity (Wildman–Crippen MR) is 157 cm³/mol. The molecule has 0 aliphatic heterocycles. The third-order valence-electron chi connectivity index (χ3n) is 6.22. The summed E-state index contributed by atoms with van der Waals surface area (Å²) in [5.74, 6) is 0.487. The van der Waals surface area contributed by atoms with E-state index < -0.39 is 6.09 Å². The largest absolute Gasteiger partial charge is 0.412 e. The van der Waals surface area contributed by atoms with Gasteiger partial charge in [-0.3, -0.25) is 9.78 Å². The van der Waals surface area contributed by atoms with Crippen molar-refractivity contribution < 1.29 is 14.3 Å². The van der Waals surface area contributed by atoms with Gasteiger partial charge in [-0.2, -0.15) is 5.10 Å². The molecule has 0 fully saturated rings. The van der Waals surface area contributed by atoms with Crippen LogP contribution in [0.4, 0.5) is 10.6 Å². The fourth-order valence-electron chi connectivity index (χ4n) is 4.09. The number of ether oxygens (including phenoxy) is 1. The molecule has 0 saturated carbocycles. The van der Waals surface area contributed by atoms with Crippen molar-refractivity contribution in [3.63, 3.8) is 0 Å². The number of hydrogen-bond acceptors (Lipinski definition) is 7. The van der Waals surface area contributed by atoms with Crippen molar-refractivity contribution in [1.82, 2.24) is 30.0 Å². The van der Waals surface area contributed by atoms with Gasteiger partial charge in [-0.05, 0) is 63.0 Å². The Morgan fingerprint density at radius 3 is 2.60 bits per heavy atom. The maximum Gasteiger partial charge on any atom is 0.412 e. The van der Waals surface area contributed by atoms with E-state index in [-0.39, 0.29) is 5.91 Å². The number of rotatable bonds is 12. The van der Waals surface area contributed by atoms with Crippen LogP contribution in [0.3, 0.4) is 0 Å². The lowest BCUT2D eigenvalue weighted by Gasteiger charge is -2.11. The molecule has 4 aromatic rings. The fraction of sp³-hybridized carbons (Fsp3) is 0.345. The number of nitrogens with one attached hydrogen (secondary N) is 2. The minimum absolute atomic E-state index is 0.313. The lowest BCUT2D eigenvalue weighted by atomic mass is 10.1. The standard InChI is InChI=1S/C29H34ClN7O3/c1-4-5-6-7-16-37-27-23(26(35-37)34-28(38)21-9-8-14-31-19-21)18-24(30)25(33-27)20-10-12-22(13-11-20)40-29(39)32-15-17-36(2)3/h8-14,18-19H,4-7,15-17H2,1-3H3,(H,32,39)(H,34,35,38). The van der Waals surface area contributed by atoms with Crippen molar-refractivity contribution in [1.29, 1.82) is 0 Å². The maximum atomic E-state index is 12.8. The SMILES string of the molecule is CCCCCCn1nc(NC(=O)c2cccnc2)c2cc(Cl)c(-c3ccc(OC(=O)NCCN(C)C)cc3)nc21. The van der Waals surface area contributed by atoms with Crippen LogP contribution in [0.1, 0.15) is 43.0 Å². The molecule has 0 aliphatic rings. The molecule has 4 rings (SSSR count). The molecular formula is C29H34ClN7O3. The molecule has 0 atom stereocenters. The topological polar surface area (TPSA) is 114 Å². The molecule has 2 amide bonds. The fourth-order valence-corrected chi connectivity index (χ4v) is 4.35. The quantitative estimate of drug-likeness (QED) is 0.215. The Labute approximate surface area is 238 Å². The van der Waals surface area contributed by atoms with Gasteiger partial charge in [0.15, 0.2) is 11.5 Å². The molecule has 40 heavy (non-hydrogen) atoms. The molecule has 0 bridgehead atoms. The van der Waals surface area contributed by atoms with Gasteiger partial charge < -0.3 is 20.3 Å². The first-order chi connectivity index (χ1) is 19.4. The molecule has 0 radical (unpaired) electrons. The Morgan fingerprint density at radius 1 is 1.10 bits per heavy atom. The van der Waals surface area contributed by atoms with E-state index >= 15 is 0 Å². The Morgan fingerprint density at radius 2 is 1.90 bits per heavy atom. The number of nitrogens with zero attached hydrogens (tertiary/aromatic N) is 5. The molecule has 0 aliphatic carbocycles. The smallest absolute Gasteiger partial charge is 0.410 e. The normalized spacial score (nSPS) is 11.1. The first kappa shape index (κ1) is 29.0. The highest BCUT2D eigenvalue weighted by atomic mass is 35.5. The zero-order valence-corrected chi connectivity index (χ0v) is 23.7. The summed E-state index contributed by atoms with van der Waals surface area (Å²) >= 11 is 6.70. The number of amides is 2. The van der Waals surface area contributed by atoms with Crippen LogP contribution in [0.2, 0.25) is 5.02 Å². The second kappa shape index (κ2) is 13.9. The minimum Gasteiger partial charge on any atom is -0.410 e. The van der Waals surface area contributed by atoms with Crippen LogP contribution in [0.15, 0.2) is 54.9 Å². The van der Waals surface area contributed by atoms with Crippen LogP contribution in [-0.2, 0) is 6.54 Å². The number of halogens is 1. The summed E-state index contributed by atoms with van der Waals surface area (Å²) in [4.78, 5) is 35.8. The van der Waals surface area contributed by atoms with Gasteiger partial charge in [0.25, 0.3) is 5.91 Å². The van der Waals surface area contributed by atoms with E-state index in [1.165, 1.54) is 6.20 Å². The number of fused-ring (bicyclic) bond motifs is 1. The zero-order valence-electron chi connectivity index (χ0n) is 23.0. The number of anilines is 1. The maximum absolute atomic E-state index is 12.8. The Balaban J connectivity index is 1.58. The number of hydrogen-bond donors (Lipinski definition) is 2. The van der Waals surface area contributed by atoms with Crippen LogP contribution in [0.25, 0.3) is 22.3 Å². The van der Waals surface area contributed by atoms with Crippen molar-refractivity contribution >= 4 is 40.5 Å². The van der Waals surface area contributed by atoms with Crippen molar-refractivity contribution in [2.75, 3.05) is 32.5 Å². The summed E-state index contributed by atoms with van der Waals surface area (Å²) in [6.45, 7) is 4.02. The Bertz CT molecular complexity index is 1440. The molecule has 2 N–H and O–H groups in total.